The number of anilines is 1. The largest absolute Gasteiger partial charge is 0.461 e. The van der Waals surface area contributed by atoms with Crippen molar-refractivity contribution >= 4 is 11.5 Å². The van der Waals surface area contributed by atoms with Crippen molar-refractivity contribution in [2.24, 2.45) is 0 Å². The lowest BCUT2D eigenvalue weighted by Crippen LogP contribution is -2.00. The highest BCUT2D eigenvalue weighted by molar-refractivity contribution is 5.63. The number of nitrogen functional groups attached to an aromatic ring is 1. The predicted octanol–water partition coefficient (Wildman–Crippen LogP) is 2.01. The second kappa shape index (κ2) is 5.98. The van der Waals surface area contributed by atoms with Gasteiger partial charge in [-0.1, -0.05) is 5.92 Å². The third-order valence-corrected chi connectivity index (χ3v) is 2.89. The van der Waals surface area contributed by atoms with Gasteiger partial charge in [-0.05, 0) is 24.5 Å². The fourth-order valence-corrected chi connectivity index (χ4v) is 1.89. The Balaban J connectivity index is 1.90. The number of furan rings is 1. The molecule has 3 heterocycles. The van der Waals surface area contributed by atoms with E-state index in [9.17, 15) is 0 Å². The highest BCUT2D eigenvalue weighted by Gasteiger charge is 2.12. The Bertz CT molecular complexity index is 892. The Morgan fingerprint density at radius 2 is 2.23 bits per heavy atom. The van der Waals surface area contributed by atoms with Gasteiger partial charge in [-0.2, -0.15) is 5.26 Å². The van der Waals surface area contributed by atoms with Crippen molar-refractivity contribution in [3.8, 4) is 29.5 Å². The Morgan fingerprint density at radius 3 is 3.00 bits per heavy atom. The molecule has 0 aliphatic heterocycles. The lowest BCUT2D eigenvalue weighted by Gasteiger charge is -1.96. The molecule has 0 atom stereocenters. The molecule has 0 amide bonds. The van der Waals surface area contributed by atoms with E-state index in [0.29, 0.717) is 35.8 Å². The molecule has 0 aliphatic carbocycles. The molecule has 0 bridgehead atoms. The summed E-state index contributed by atoms with van der Waals surface area (Å²) in [6, 6.07) is 5.62. The van der Waals surface area contributed by atoms with Crippen LogP contribution in [0.3, 0.4) is 0 Å². The van der Waals surface area contributed by atoms with Gasteiger partial charge in [-0.3, -0.25) is 0 Å². The Morgan fingerprint density at radius 1 is 1.32 bits per heavy atom. The van der Waals surface area contributed by atoms with Gasteiger partial charge in [0.05, 0.1) is 18.5 Å². The lowest BCUT2D eigenvalue weighted by atomic mass is 10.2. The van der Waals surface area contributed by atoms with E-state index in [0.717, 1.165) is 6.42 Å². The van der Waals surface area contributed by atoms with Gasteiger partial charge >= 0.3 is 0 Å². The van der Waals surface area contributed by atoms with Crippen LogP contribution in [0.15, 0.2) is 29.0 Å². The molecule has 7 heteroatoms. The molecule has 0 saturated heterocycles. The van der Waals surface area contributed by atoms with E-state index < -0.39 is 0 Å². The highest BCUT2D eigenvalue weighted by Crippen LogP contribution is 2.18. The molecule has 0 unspecified atom stereocenters. The Kier molecular flexibility index (Phi) is 3.71. The molecule has 22 heavy (non-hydrogen) atoms. The summed E-state index contributed by atoms with van der Waals surface area (Å²) >= 11 is 0. The van der Waals surface area contributed by atoms with Crippen molar-refractivity contribution < 1.29 is 4.42 Å². The van der Waals surface area contributed by atoms with Crippen LogP contribution in [0.4, 0.5) is 5.82 Å². The van der Waals surface area contributed by atoms with Crippen LogP contribution in [0, 0.1) is 23.2 Å². The molecule has 7 nitrogen and oxygen atoms in total. The molecule has 3 rings (SSSR count). The number of rotatable bonds is 3. The van der Waals surface area contributed by atoms with Crippen molar-refractivity contribution in [3.05, 3.63) is 30.3 Å². The average molecular weight is 292 g/mol. The minimum atomic E-state index is 0.258. The van der Waals surface area contributed by atoms with Gasteiger partial charge in [0.25, 0.3) is 0 Å². The molecule has 0 saturated carbocycles. The van der Waals surface area contributed by atoms with Crippen molar-refractivity contribution in [2.75, 3.05) is 5.73 Å². The summed E-state index contributed by atoms with van der Waals surface area (Å²) < 4.78 is 6.81. The molecule has 0 radical (unpaired) electrons. The van der Waals surface area contributed by atoms with E-state index >= 15 is 0 Å². The zero-order valence-corrected chi connectivity index (χ0v) is 11.7. The molecular weight excluding hydrogens is 280 g/mol. The van der Waals surface area contributed by atoms with E-state index in [4.69, 9.17) is 15.4 Å². The smallest absolute Gasteiger partial charge is 0.218 e. The van der Waals surface area contributed by atoms with Crippen molar-refractivity contribution in [3.63, 3.8) is 0 Å². The minimum Gasteiger partial charge on any atom is -0.461 e. The fourth-order valence-electron chi connectivity index (χ4n) is 1.89. The topological polar surface area (TPSA) is 106 Å². The van der Waals surface area contributed by atoms with Crippen LogP contribution in [0.5, 0.6) is 0 Å². The Hall–Kier alpha value is -3.32. The van der Waals surface area contributed by atoms with Crippen molar-refractivity contribution in [2.45, 2.75) is 19.3 Å². The number of nitriles is 1. The second-order valence-corrected chi connectivity index (χ2v) is 4.51. The molecule has 3 aromatic rings. The van der Waals surface area contributed by atoms with Gasteiger partial charge in [0.15, 0.2) is 17.2 Å². The van der Waals surface area contributed by atoms with Crippen LogP contribution < -0.4 is 5.73 Å². The second-order valence-electron chi connectivity index (χ2n) is 4.51. The van der Waals surface area contributed by atoms with Crippen LogP contribution >= 0.6 is 0 Å². The van der Waals surface area contributed by atoms with Gasteiger partial charge in [0.2, 0.25) is 5.82 Å². The standard InChI is InChI=1S/C15H12N6O/c16-8-4-2-1-3-6-11-10-21-15(13(17)18-11)19-14(20-21)12-7-5-9-22-12/h5,7,9-10H,1-2,4H2,(H2,17,18). The number of fused-ring (bicyclic) bond motifs is 1. The zero-order chi connectivity index (χ0) is 15.4. The maximum atomic E-state index is 8.46. The van der Waals surface area contributed by atoms with Crippen molar-refractivity contribution in [1.29, 1.82) is 5.26 Å². The zero-order valence-electron chi connectivity index (χ0n) is 11.7. The van der Waals surface area contributed by atoms with Gasteiger partial charge in [-0.25, -0.2) is 14.5 Å². The van der Waals surface area contributed by atoms with Gasteiger partial charge in [-0.15, -0.1) is 5.10 Å². The van der Waals surface area contributed by atoms with Gasteiger partial charge in [0, 0.05) is 12.8 Å². The first-order valence-electron chi connectivity index (χ1n) is 6.70. The molecule has 108 valence electrons. The third kappa shape index (κ3) is 2.74. The van der Waals surface area contributed by atoms with Crippen LogP contribution in [0.2, 0.25) is 0 Å². The van der Waals surface area contributed by atoms with E-state index in [-0.39, 0.29) is 5.82 Å². The van der Waals surface area contributed by atoms with Crippen LogP contribution in [-0.2, 0) is 0 Å². The molecule has 0 aliphatic rings. The molecular formula is C15H12N6O. The highest BCUT2D eigenvalue weighted by atomic mass is 16.3. The number of hydrogen-bond acceptors (Lipinski definition) is 6. The van der Waals surface area contributed by atoms with Crippen LogP contribution in [0.1, 0.15) is 25.0 Å². The first-order chi connectivity index (χ1) is 10.8. The first-order valence-corrected chi connectivity index (χ1v) is 6.70. The number of unbranched alkanes of at least 4 members (excludes halogenated alkanes) is 2. The lowest BCUT2D eigenvalue weighted by molar-refractivity contribution is 0.577. The van der Waals surface area contributed by atoms with Crippen molar-refractivity contribution in [1.82, 2.24) is 19.6 Å². The number of aromatic nitrogens is 4. The molecule has 2 N–H and O–H groups in total. The number of nitrogens with zero attached hydrogens (tertiary/aromatic N) is 5. The van der Waals surface area contributed by atoms with Gasteiger partial charge in [0.1, 0.15) is 5.69 Å². The van der Waals surface area contributed by atoms with E-state index in [1.807, 2.05) is 0 Å². The first kappa shape index (κ1) is 13.7. The summed E-state index contributed by atoms with van der Waals surface area (Å²) in [6.07, 6.45) is 5.11. The normalized spacial score (nSPS) is 10.1. The summed E-state index contributed by atoms with van der Waals surface area (Å²) in [6.45, 7) is 0. The summed E-state index contributed by atoms with van der Waals surface area (Å²) in [5.74, 6) is 7.14. The quantitative estimate of drug-likeness (QED) is 0.584. The maximum Gasteiger partial charge on any atom is 0.218 e. The predicted molar refractivity (Wildman–Crippen MR) is 79.2 cm³/mol. The number of nitrogens with two attached hydrogens (primary N) is 1. The SMILES string of the molecule is N#CCCCC#Cc1cn2nc(-c3ccco3)nc2c(N)n1. The molecule has 3 aromatic heterocycles. The fraction of sp³-hybridized carbons (Fsp3) is 0.200. The average Bonchev–Trinajstić information content (AvgIpc) is 3.16. The summed E-state index contributed by atoms with van der Waals surface area (Å²) in [5.41, 5.74) is 6.87. The Labute approximate surface area is 126 Å². The maximum absolute atomic E-state index is 8.46. The number of hydrogen-bond donors (Lipinski definition) is 1. The third-order valence-electron chi connectivity index (χ3n) is 2.89. The minimum absolute atomic E-state index is 0.258. The van der Waals surface area contributed by atoms with E-state index in [1.165, 1.54) is 0 Å². The van der Waals surface area contributed by atoms with E-state index in [1.54, 1.807) is 29.1 Å². The van der Waals surface area contributed by atoms with Crippen LogP contribution in [0.25, 0.3) is 17.2 Å². The summed E-state index contributed by atoms with van der Waals surface area (Å²) in [5, 5.41) is 12.8. The summed E-state index contributed by atoms with van der Waals surface area (Å²) in [7, 11) is 0. The van der Waals surface area contributed by atoms with Crippen LogP contribution in [-0.4, -0.2) is 19.6 Å². The molecule has 0 spiro atoms. The molecule has 0 aromatic carbocycles. The molecule has 0 fully saturated rings. The van der Waals surface area contributed by atoms with Gasteiger partial charge < -0.3 is 10.2 Å². The summed E-state index contributed by atoms with van der Waals surface area (Å²) in [4.78, 5) is 8.50. The monoisotopic (exact) mass is 292 g/mol. The van der Waals surface area contributed by atoms with E-state index in [2.05, 4.69) is 33.0 Å².